The lowest BCUT2D eigenvalue weighted by Gasteiger charge is -2.27. The molecule has 2 aliphatic rings. The number of rotatable bonds is 3. The lowest BCUT2D eigenvalue weighted by Crippen LogP contribution is -2.52. The van der Waals surface area contributed by atoms with E-state index in [1.54, 1.807) is 16.7 Å². The van der Waals surface area contributed by atoms with Crippen molar-refractivity contribution in [2.75, 3.05) is 11.6 Å². The van der Waals surface area contributed by atoms with Gasteiger partial charge in [-0.3, -0.25) is 14.7 Å². The van der Waals surface area contributed by atoms with Crippen LogP contribution in [0.15, 0.2) is 6.07 Å². The third kappa shape index (κ3) is 3.29. The second kappa shape index (κ2) is 5.61. The Balaban J connectivity index is 1.71. The molecule has 0 aromatic carbocycles. The van der Waals surface area contributed by atoms with E-state index in [1.807, 2.05) is 26.8 Å². The van der Waals surface area contributed by atoms with Crippen molar-refractivity contribution in [1.82, 2.24) is 20.4 Å². The van der Waals surface area contributed by atoms with Gasteiger partial charge in [-0.2, -0.15) is 5.10 Å². The van der Waals surface area contributed by atoms with Gasteiger partial charge in [0.25, 0.3) is 5.91 Å². The predicted octanol–water partition coefficient (Wildman–Crippen LogP) is 1.72. The van der Waals surface area contributed by atoms with Gasteiger partial charge in [0.2, 0.25) is 5.91 Å². The van der Waals surface area contributed by atoms with Crippen molar-refractivity contribution in [2.45, 2.75) is 51.1 Å². The van der Waals surface area contributed by atoms with E-state index in [0.29, 0.717) is 23.2 Å². The van der Waals surface area contributed by atoms with Crippen LogP contribution >= 0.6 is 11.8 Å². The first-order chi connectivity index (χ1) is 10.3. The molecule has 3 rings (SSSR count). The lowest BCUT2D eigenvalue weighted by atomic mass is 10.1. The molecule has 1 saturated heterocycles. The molecule has 2 heterocycles. The molecule has 1 atom stereocenters. The molecule has 1 aromatic heterocycles. The Morgan fingerprint density at radius 2 is 2.14 bits per heavy atom. The van der Waals surface area contributed by atoms with Crippen molar-refractivity contribution in [3.8, 4) is 0 Å². The molecule has 120 valence electrons. The van der Waals surface area contributed by atoms with E-state index < -0.39 is 6.04 Å². The number of H-pyrrole nitrogens is 1. The molecular weight excluding hydrogens is 300 g/mol. The molecule has 1 aromatic rings. The first-order valence-electron chi connectivity index (χ1n) is 7.61. The molecular formula is C15H22N4O2S. The van der Waals surface area contributed by atoms with Crippen molar-refractivity contribution in [3.05, 3.63) is 17.5 Å². The van der Waals surface area contributed by atoms with Gasteiger partial charge in [0.1, 0.15) is 11.7 Å². The minimum atomic E-state index is -0.419. The van der Waals surface area contributed by atoms with Crippen molar-refractivity contribution >= 4 is 23.6 Å². The fourth-order valence-corrected chi connectivity index (χ4v) is 3.66. The second-order valence-corrected chi connectivity index (χ2v) is 8.01. The van der Waals surface area contributed by atoms with Crippen molar-refractivity contribution in [2.24, 2.45) is 0 Å². The van der Waals surface area contributed by atoms with Crippen molar-refractivity contribution in [1.29, 1.82) is 0 Å². The monoisotopic (exact) mass is 322 g/mol. The SMILES string of the molecule is CC(C)(C)NC(=O)C1CSCN1C(=O)c1cc(C2CC2)[nH]n1. The zero-order valence-corrected chi connectivity index (χ0v) is 14.0. The molecule has 22 heavy (non-hydrogen) atoms. The van der Waals surface area contributed by atoms with Crippen molar-refractivity contribution in [3.63, 3.8) is 0 Å². The summed E-state index contributed by atoms with van der Waals surface area (Å²) in [6.45, 7) is 5.82. The standard InChI is InChI=1S/C15H22N4O2S/c1-15(2,3)16-13(20)12-7-22-8-19(12)14(21)11-6-10(17-18-11)9-4-5-9/h6,9,12H,4-5,7-8H2,1-3H3,(H,16,20)(H,17,18). The Hall–Kier alpha value is -1.50. The second-order valence-electron chi connectivity index (χ2n) is 7.01. The van der Waals surface area contributed by atoms with Crippen LogP contribution in [0, 0.1) is 0 Å². The first kappa shape index (κ1) is 15.4. The van der Waals surface area contributed by atoms with E-state index in [1.165, 1.54) is 0 Å². The number of carbonyl (C=O) groups is 2. The highest BCUT2D eigenvalue weighted by molar-refractivity contribution is 7.99. The van der Waals surface area contributed by atoms with E-state index in [9.17, 15) is 9.59 Å². The molecule has 0 spiro atoms. The molecule has 6 nitrogen and oxygen atoms in total. The molecule has 2 N–H and O–H groups in total. The number of nitrogens with one attached hydrogen (secondary N) is 2. The molecule has 1 unspecified atom stereocenters. The number of hydrogen-bond acceptors (Lipinski definition) is 4. The minimum absolute atomic E-state index is 0.0937. The third-order valence-electron chi connectivity index (χ3n) is 3.78. The topological polar surface area (TPSA) is 78.1 Å². The Bertz CT molecular complexity index is 589. The van der Waals surface area contributed by atoms with E-state index >= 15 is 0 Å². The van der Waals surface area contributed by atoms with Crippen LogP contribution in [0.2, 0.25) is 0 Å². The predicted molar refractivity (Wildman–Crippen MR) is 85.7 cm³/mol. The van der Waals surface area contributed by atoms with Gasteiger partial charge in [-0.25, -0.2) is 0 Å². The molecule has 2 amide bonds. The van der Waals surface area contributed by atoms with Crippen LogP contribution in [-0.4, -0.2) is 50.1 Å². The summed E-state index contributed by atoms with van der Waals surface area (Å²) < 4.78 is 0. The molecule has 1 aliphatic carbocycles. The number of aromatic amines is 1. The van der Waals surface area contributed by atoms with E-state index in [4.69, 9.17) is 0 Å². The summed E-state index contributed by atoms with van der Waals surface area (Å²) in [4.78, 5) is 26.6. The van der Waals surface area contributed by atoms with Crippen LogP contribution in [-0.2, 0) is 4.79 Å². The molecule has 1 saturated carbocycles. The van der Waals surface area contributed by atoms with E-state index in [0.717, 1.165) is 18.5 Å². The van der Waals surface area contributed by atoms with Crippen LogP contribution in [0.1, 0.15) is 55.7 Å². The number of carbonyl (C=O) groups excluding carboxylic acids is 2. The molecule has 7 heteroatoms. The van der Waals surface area contributed by atoms with Gasteiger partial charge in [0.15, 0.2) is 0 Å². The zero-order valence-electron chi connectivity index (χ0n) is 13.2. The summed E-state index contributed by atoms with van der Waals surface area (Å²) in [5.74, 6) is 1.44. The van der Waals surface area contributed by atoms with Crippen LogP contribution in [0.25, 0.3) is 0 Å². The van der Waals surface area contributed by atoms with E-state index in [-0.39, 0.29) is 17.4 Å². The number of thioether (sulfide) groups is 1. The summed E-state index contributed by atoms with van der Waals surface area (Å²) in [7, 11) is 0. The highest BCUT2D eigenvalue weighted by Crippen LogP contribution is 2.39. The van der Waals surface area contributed by atoms with Crippen LogP contribution in [0.5, 0.6) is 0 Å². The Labute approximate surface area is 134 Å². The fraction of sp³-hybridized carbons (Fsp3) is 0.667. The maximum atomic E-state index is 12.6. The third-order valence-corrected chi connectivity index (χ3v) is 4.79. The maximum absolute atomic E-state index is 12.6. The summed E-state index contributed by atoms with van der Waals surface area (Å²) in [6.07, 6.45) is 2.32. The van der Waals surface area contributed by atoms with Gasteiger partial charge < -0.3 is 10.2 Å². The number of nitrogens with zero attached hydrogens (tertiary/aromatic N) is 2. The Morgan fingerprint density at radius 3 is 2.77 bits per heavy atom. The van der Waals surface area contributed by atoms with Gasteiger partial charge in [0, 0.05) is 22.9 Å². The summed E-state index contributed by atoms with van der Waals surface area (Å²) in [5.41, 5.74) is 1.15. The average molecular weight is 322 g/mol. The molecule has 0 radical (unpaired) electrons. The number of amides is 2. The number of aromatic nitrogens is 2. The van der Waals surface area contributed by atoms with Gasteiger partial charge >= 0.3 is 0 Å². The quantitative estimate of drug-likeness (QED) is 0.888. The minimum Gasteiger partial charge on any atom is -0.350 e. The maximum Gasteiger partial charge on any atom is 0.275 e. The Kier molecular flexibility index (Phi) is 3.92. The summed E-state index contributed by atoms with van der Waals surface area (Å²) in [5, 5.41) is 10.0. The largest absolute Gasteiger partial charge is 0.350 e. The normalized spacial score (nSPS) is 22.0. The summed E-state index contributed by atoms with van der Waals surface area (Å²) >= 11 is 1.60. The highest BCUT2D eigenvalue weighted by atomic mass is 32.2. The molecule has 0 bridgehead atoms. The van der Waals surface area contributed by atoms with Gasteiger partial charge in [-0.15, -0.1) is 11.8 Å². The van der Waals surface area contributed by atoms with Crippen molar-refractivity contribution < 1.29 is 9.59 Å². The zero-order chi connectivity index (χ0) is 15.9. The van der Waals surface area contributed by atoms with Gasteiger partial charge in [-0.05, 0) is 39.7 Å². The fourth-order valence-electron chi connectivity index (χ4n) is 2.51. The number of hydrogen-bond donors (Lipinski definition) is 2. The van der Waals surface area contributed by atoms with Gasteiger partial charge in [-0.1, -0.05) is 0 Å². The summed E-state index contributed by atoms with van der Waals surface area (Å²) in [6, 6.07) is 1.42. The van der Waals surface area contributed by atoms with Crippen LogP contribution in [0.3, 0.4) is 0 Å². The van der Waals surface area contributed by atoms with Crippen LogP contribution < -0.4 is 5.32 Å². The Morgan fingerprint density at radius 1 is 1.41 bits per heavy atom. The lowest BCUT2D eigenvalue weighted by molar-refractivity contribution is -0.125. The molecule has 2 fully saturated rings. The van der Waals surface area contributed by atoms with E-state index in [2.05, 4.69) is 15.5 Å². The van der Waals surface area contributed by atoms with Gasteiger partial charge in [0.05, 0.1) is 5.88 Å². The smallest absolute Gasteiger partial charge is 0.275 e. The average Bonchev–Trinajstić information content (AvgIpc) is 2.99. The first-order valence-corrected chi connectivity index (χ1v) is 8.76. The van der Waals surface area contributed by atoms with Crippen LogP contribution in [0.4, 0.5) is 0 Å². The molecule has 1 aliphatic heterocycles. The highest BCUT2D eigenvalue weighted by Gasteiger charge is 2.37.